The highest BCUT2D eigenvalue weighted by Crippen LogP contribution is 2.30. The van der Waals surface area contributed by atoms with Crippen LogP contribution in [0.25, 0.3) is 0 Å². The number of carbonyl (C=O) groups is 2. The molecular weight excluding hydrogens is 441 g/mol. The van der Waals surface area contributed by atoms with E-state index < -0.39 is 27.7 Å². The zero-order chi connectivity index (χ0) is 23.1. The van der Waals surface area contributed by atoms with Gasteiger partial charge in [-0.05, 0) is 54.6 Å². The van der Waals surface area contributed by atoms with Crippen molar-refractivity contribution in [3.63, 3.8) is 0 Å². The fourth-order valence-corrected chi connectivity index (χ4v) is 3.75. The fourth-order valence-electron chi connectivity index (χ4n) is 2.69. The van der Waals surface area contributed by atoms with Crippen LogP contribution in [-0.4, -0.2) is 33.9 Å². The molecule has 1 heterocycles. The molecule has 0 spiro atoms. The molecule has 11 heteroatoms. The molecule has 0 aliphatic carbocycles. The van der Waals surface area contributed by atoms with E-state index in [9.17, 15) is 22.4 Å². The van der Waals surface area contributed by atoms with Crippen molar-refractivity contribution in [2.45, 2.75) is 11.3 Å². The maximum Gasteiger partial charge on any atom is 0.286 e. The molecule has 3 N–H and O–H groups in total. The summed E-state index contributed by atoms with van der Waals surface area (Å²) in [5.74, 6) is -1.04. The van der Waals surface area contributed by atoms with Gasteiger partial charge in [0.15, 0.2) is 5.76 Å². The highest BCUT2D eigenvalue weighted by Gasteiger charge is 2.17. The second-order valence-corrected chi connectivity index (χ2v) is 8.19. The largest absolute Gasteiger partial charge is 0.495 e. The number of anilines is 2. The maximum absolute atomic E-state index is 13.1. The Morgan fingerprint density at radius 1 is 1.09 bits per heavy atom. The van der Waals surface area contributed by atoms with Gasteiger partial charge in [0.1, 0.15) is 11.6 Å². The Morgan fingerprint density at radius 3 is 2.50 bits per heavy atom. The first-order chi connectivity index (χ1) is 15.3. The normalized spacial score (nSPS) is 10.9. The average Bonchev–Trinajstić information content (AvgIpc) is 3.29. The molecule has 32 heavy (non-hydrogen) atoms. The number of methoxy groups -OCH3 is 1. The number of furan rings is 1. The minimum Gasteiger partial charge on any atom is -0.495 e. The van der Waals surface area contributed by atoms with E-state index in [0.717, 1.165) is 24.3 Å². The number of halogens is 1. The summed E-state index contributed by atoms with van der Waals surface area (Å²) in [6.45, 7) is 0.0750. The summed E-state index contributed by atoms with van der Waals surface area (Å²) in [7, 11) is -2.65. The zero-order valence-corrected chi connectivity index (χ0v) is 17.7. The summed E-state index contributed by atoms with van der Waals surface area (Å²) in [6.07, 6.45) is 1.35. The lowest BCUT2D eigenvalue weighted by Gasteiger charge is -2.14. The number of benzene rings is 2. The Bertz CT molecular complexity index is 1190. The monoisotopic (exact) mass is 461 g/mol. The lowest BCUT2D eigenvalue weighted by atomic mass is 10.2. The molecule has 1 aromatic heterocycles. The number of carbonyl (C=O) groups excluding carboxylic acids is 2. The standard InChI is InChI=1S/C21H20FN3O6S/c1-30-18-9-6-15(24-20(26)10-11-23-21(27)19-3-2-12-31-19)13-17(18)25-32(28,29)16-7-4-14(22)5-8-16/h2-9,12-13,25H,10-11H2,1H3,(H,23,27)(H,24,26). The van der Waals surface area contributed by atoms with Crippen LogP contribution in [0.1, 0.15) is 17.0 Å². The van der Waals surface area contributed by atoms with Crippen LogP contribution in [0, 0.1) is 5.82 Å². The third kappa shape index (κ3) is 5.85. The Hall–Kier alpha value is -3.86. The number of sulfonamides is 1. The second kappa shape index (κ2) is 9.96. The summed E-state index contributed by atoms with van der Waals surface area (Å²) >= 11 is 0. The van der Waals surface area contributed by atoms with Crippen molar-refractivity contribution < 1.29 is 31.6 Å². The van der Waals surface area contributed by atoms with Crippen molar-refractivity contribution in [1.29, 1.82) is 0 Å². The van der Waals surface area contributed by atoms with Crippen LogP contribution >= 0.6 is 0 Å². The van der Waals surface area contributed by atoms with Crippen LogP contribution < -0.4 is 20.1 Å². The molecule has 2 amide bonds. The van der Waals surface area contributed by atoms with Crippen molar-refractivity contribution in [3.8, 4) is 5.75 Å². The zero-order valence-electron chi connectivity index (χ0n) is 16.9. The SMILES string of the molecule is COc1ccc(NC(=O)CCNC(=O)c2ccco2)cc1NS(=O)(=O)c1ccc(F)cc1. The highest BCUT2D eigenvalue weighted by atomic mass is 32.2. The molecule has 9 nitrogen and oxygen atoms in total. The minimum absolute atomic E-state index is 0.0187. The molecule has 0 atom stereocenters. The van der Waals surface area contributed by atoms with Gasteiger partial charge in [-0.3, -0.25) is 14.3 Å². The Morgan fingerprint density at radius 2 is 1.84 bits per heavy atom. The van der Waals surface area contributed by atoms with Gasteiger partial charge in [-0.1, -0.05) is 0 Å². The van der Waals surface area contributed by atoms with E-state index >= 15 is 0 Å². The third-order valence-corrected chi connectivity index (χ3v) is 5.62. The molecule has 3 rings (SSSR count). The molecule has 0 saturated carbocycles. The van der Waals surface area contributed by atoms with Crippen LogP contribution in [0.15, 0.2) is 70.2 Å². The van der Waals surface area contributed by atoms with Gasteiger partial charge < -0.3 is 19.8 Å². The van der Waals surface area contributed by atoms with Gasteiger partial charge in [-0.25, -0.2) is 12.8 Å². The molecule has 2 aromatic carbocycles. The molecule has 0 fully saturated rings. The summed E-state index contributed by atoms with van der Waals surface area (Å²) in [6, 6.07) is 11.8. The molecule has 0 saturated heterocycles. The predicted octanol–water partition coefficient (Wildman–Crippen LogP) is 2.99. The molecule has 0 radical (unpaired) electrons. The second-order valence-electron chi connectivity index (χ2n) is 6.51. The fraction of sp³-hybridized carbons (Fsp3) is 0.143. The van der Waals surface area contributed by atoms with Gasteiger partial charge >= 0.3 is 0 Å². The maximum atomic E-state index is 13.1. The molecule has 3 aromatic rings. The lowest BCUT2D eigenvalue weighted by Crippen LogP contribution is -2.27. The first-order valence-corrected chi connectivity index (χ1v) is 10.8. The number of hydrogen-bond acceptors (Lipinski definition) is 6. The van der Waals surface area contributed by atoms with Crippen molar-refractivity contribution in [1.82, 2.24) is 5.32 Å². The summed E-state index contributed by atoms with van der Waals surface area (Å²) in [4.78, 5) is 23.9. The number of nitrogens with one attached hydrogen (secondary N) is 3. The first kappa shape index (κ1) is 22.8. The van der Waals surface area contributed by atoms with Gasteiger partial charge in [-0.2, -0.15) is 0 Å². The number of rotatable bonds is 9. The lowest BCUT2D eigenvalue weighted by molar-refractivity contribution is -0.116. The molecule has 0 aliphatic heterocycles. The average molecular weight is 461 g/mol. The summed E-state index contributed by atoms with van der Waals surface area (Å²) in [5.41, 5.74) is 0.394. The van der Waals surface area contributed by atoms with E-state index in [1.54, 1.807) is 6.07 Å². The van der Waals surface area contributed by atoms with E-state index in [0.29, 0.717) is 5.69 Å². The van der Waals surface area contributed by atoms with Crippen LogP contribution in [0.3, 0.4) is 0 Å². The minimum atomic E-state index is -4.02. The topological polar surface area (TPSA) is 127 Å². The molecule has 168 valence electrons. The third-order valence-electron chi connectivity index (χ3n) is 4.23. The Balaban J connectivity index is 1.64. The smallest absolute Gasteiger partial charge is 0.286 e. The van der Waals surface area contributed by atoms with Crippen molar-refractivity contribution >= 4 is 33.2 Å². The van der Waals surface area contributed by atoms with E-state index in [1.807, 2.05) is 0 Å². The number of amides is 2. The van der Waals surface area contributed by atoms with Crippen molar-refractivity contribution in [2.75, 3.05) is 23.7 Å². The van der Waals surface area contributed by atoms with Crippen LogP contribution in [0.4, 0.5) is 15.8 Å². The number of hydrogen-bond donors (Lipinski definition) is 3. The Labute approximate surface area is 183 Å². The predicted molar refractivity (Wildman–Crippen MR) is 114 cm³/mol. The number of ether oxygens (including phenoxy) is 1. The first-order valence-electron chi connectivity index (χ1n) is 9.36. The Kier molecular flexibility index (Phi) is 7.11. The van der Waals surface area contributed by atoms with Gasteiger partial charge in [0.25, 0.3) is 15.9 Å². The van der Waals surface area contributed by atoms with Crippen LogP contribution in [0.2, 0.25) is 0 Å². The molecule has 0 aliphatic rings. The van der Waals surface area contributed by atoms with E-state index in [4.69, 9.17) is 9.15 Å². The quantitative estimate of drug-likeness (QED) is 0.450. The summed E-state index contributed by atoms with van der Waals surface area (Å²) in [5, 5.41) is 5.17. The van der Waals surface area contributed by atoms with Gasteiger partial charge in [0.05, 0.1) is 24.0 Å². The molecular formula is C21H20FN3O6S. The van der Waals surface area contributed by atoms with Crippen molar-refractivity contribution in [2.24, 2.45) is 0 Å². The van der Waals surface area contributed by atoms with Crippen LogP contribution in [-0.2, 0) is 14.8 Å². The van der Waals surface area contributed by atoms with Crippen molar-refractivity contribution in [3.05, 3.63) is 72.4 Å². The van der Waals surface area contributed by atoms with E-state index in [2.05, 4.69) is 15.4 Å². The van der Waals surface area contributed by atoms with Gasteiger partial charge in [0, 0.05) is 18.7 Å². The van der Waals surface area contributed by atoms with Gasteiger partial charge in [-0.15, -0.1) is 0 Å². The summed E-state index contributed by atoms with van der Waals surface area (Å²) < 4.78 is 50.8. The molecule has 0 unspecified atom stereocenters. The highest BCUT2D eigenvalue weighted by molar-refractivity contribution is 7.92. The molecule has 0 bridgehead atoms. The van der Waals surface area contributed by atoms with Gasteiger partial charge in [0.2, 0.25) is 5.91 Å². The van der Waals surface area contributed by atoms with E-state index in [1.165, 1.54) is 37.6 Å². The van der Waals surface area contributed by atoms with E-state index in [-0.39, 0.29) is 35.1 Å². The van der Waals surface area contributed by atoms with Crippen LogP contribution in [0.5, 0.6) is 5.75 Å².